The molecule has 17 heavy (non-hydrogen) atoms. The van der Waals surface area contributed by atoms with Crippen LogP contribution in [0.5, 0.6) is 5.75 Å². The normalized spacial score (nSPS) is 12.2. The fourth-order valence-electron chi connectivity index (χ4n) is 1.84. The predicted octanol–water partition coefficient (Wildman–Crippen LogP) is 2.65. The van der Waals surface area contributed by atoms with E-state index in [0.717, 1.165) is 31.6 Å². The minimum absolute atomic E-state index is 0.320. The largest absolute Gasteiger partial charge is 0.497 e. The van der Waals surface area contributed by atoms with Gasteiger partial charge in [-0.1, -0.05) is 13.3 Å². The average Bonchev–Trinajstić information content (AvgIpc) is 2.36. The van der Waals surface area contributed by atoms with Gasteiger partial charge in [0.1, 0.15) is 5.75 Å². The van der Waals surface area contributed by atoms with Gasteiger partial charge in [-0.25, -0.2) is 0 Å². The Hall–Kier alpha value is -1.22. The lowest BCUT2D eigenvalue weighted by Gasteiger charge is -2.21. The summed E-state index contributed by atoms with van der Waals surface area (Å²) >= 11 is 0. The number of methoxy groups -OCH3 is 1. The maximum absolute atomic E-state index is 6.01. The third-order valence-corrected chi connectivity index (χ3v) is 3.01. The van der Waals surface area contributed by atoms with Gasteiger partial charge in [-0.05, 0) is 37.1 Å². The van der Waals surface area contributed by atoms with Crippen LogP contribution in [0.2, 0.25) is 0 Å². The second-order valence-electron chi connectivity index (χ2n) is 4.46. The third kappa shape index (κ3) is 4.65. The van der Waals surface area contributed by atoms with Gasteiger partial charge in [-0.15, -0.1) is 0 Å². The molecule has 0 saturated heterocycles. The zero-order valence-corrected chi connectivity index (χ0v) is 11.1. The van der Waals surface area contributed by atoms with E-state index in [-0.39, 0.29) is 0 Å². The molecular weight excluding hydrogens is 212 g/mol. The average molecular weight is 236 g/mol. The molecule has 3 heteroatoms. The van der Waals surface area contributed by atoms with Crippen LogP contribution in [0.3, 0.4) is 0 Å². The number of nitrogens with two attached hydrogens (primary N) is 1. The Balaban J connectivity index is 2.43. The molecule has 0 aliphatic rings. The molecule has 2 N–H and O–H groups in total. The highest BCUT2D eigenvalue weighted by Crippen LogP contribution is 2.18. The van der Waals surface area contributed by atoms with E-state index in [4.69, 9.17) is 10.5 Å². The lowest BCUT2D eigenvalue weighted by molar-refractivity contribution is 0.415. The molecule has 0 saturated carbocycles. The molecule has 0 bridgehead atoms. The maximum atomic E-state index is 6.01. The fraction of sp³-hybridized carbons (Fsp3) is 0.571. The Labute approximate surface area is 105 Å². The second kappa shape index (κ2) is 7.17. The van der Waals surface area contributed by atoms with Gasteiger partial charge < -0.3 is 15.4 Å². The van der Waals surface area contributed by atoms with Gasteiger partial charge in [0.2, 0.25) is 0 Å². The van der Waals surface area contributed by atoms with Crippen molar-refractivity contribution in [1.82, 2.24) is 0 Å². The Bertz CT molecular complexity index is 311. The first-order chi connectivity index (χ1) is 8.17. The van der Waals surface area contributed by atoms with Crippen molar-refractivity contribution in [3.05, 3.63) is 24.3 Å². The molecular formula is C14H24N2O. The van der Waals surface area contributed by atoms with E-state index in [0.29, 0.717) is 6.04 Å². The third-order valence-electron chi connectivity index (χ3n) is 3.01. The number of rotatable bonds is 7. The summed E-state index contributed by atoms with van der Waals surface area (Å²) in [5.74, 6) is 0.893. The summed E-state index contributed by atoms with van der Waals surface area (Å²) in [6.07, 6.45) is 3.31. The van der Waals surface area contributed by atoms with Crippen LogP contribution in [0.1, 0.15) is 26.2 Å². The minimum atomic E-state index is 0.320. The van der Waals surface area contributed by atoms with Gasteiger partial charge in [0.05, 0.1) is 7.11 Å². The van der Waals surface area contributed by atoms with Crippen molar-refractivity contribution >= 4 is 5.69 Å². The molecule has 3 nitrogen and oxygen atoms in total. The summed E-state index contributed by atoms with van der Waals surface area (Å²) in [5, 5.41) is 0. The van der Waals surface area contributed by atoms with E-state index in [9.17, 15) is 0 Å². The monoisotopic (exact) mass is 236 g/mol. The molecule has 1 unspecified atom stereocenters. The van der Waals surface area contributed by atoms with Crippen LogP contribution < -0.4 is 15.4 Å². The van der Waals surface area contributed by atoms with Crippen LogP contribution in [0.4, 0.5) is 5.69 Å². The minimum Gasteiger partial charge on any atom is -0.497 e. The first-order valence-corrected chi connectivity index (χ1v) is 6.28. The summed E-state index contributed by atoms with van der Waals surface area (Å²) < 4.78 is 5.14. The molecule has 0 fully saturated rings. The molecule has 1 atom stereocenters. The van der Waals surface area contributed by atoms with Crippen molar-refractivity contribution in [2.24, 2.45) is 5.73 Å². The highest BCUT2D eigenvalue weighted by molar-refractivity contribution is 5.48. The molecule has 0 radical (unpaired) electrons. The zero-order valence-electron chi connectivity index (χ0n) is 11.1. The van der Waals surface area contributed by atoms with Gasteiger partial charge in [0.25, 0.3) is 0 Å². The number of nitrogens with zero attached hydrogens (tertiary/aromatic N) is 1. The van der Waals surface area contributed by atoms with E-state index in [1.165, 1.54) is 5.69 Å². The first-order valence-electron chi connectivity index (χ1n) is 6.28. The number of hydrogen-bond acceptors (Lipinski definition) is 3. The van der Waals surface area contributed by atoms with Crippen molar-refractivity contribution in [1.29, 1.82) is 0 Å². The Morgan fingerprint density at radius 2 is 1.88 bits per heavy atom. The summed E-state index contributed by atoms with van der Waals surface area (Å²) in [4.78, 5) is 2.23. The zero-order chi connectivity index (χ0) is 12.7. The van der Waals surface area contributed by atoms with E-state index >= 15 is 0 Å². The van der Waals surface area contributed by atoms with Crippen LogP contribution in [0, 0.1) is 0 Å². The number of anilines is 1. The number of hydrogen-bond donors (Lipinski definition) is 1. The van der Waals surface area contributed by atoms with Crippen molar-refractivity contribution < 1.29 is 4.74 Å². The molecule has 0 aliphatic heterocycles. The SMILES string of the molecule is CCCC(N)CCN(C)c1ccc(OC)cc1. The van der Waals surface area contributed by atoms with Gasteiger partial charge in [0, 0.05) is 25.3 Å². The molecule has 1 rings (SSSR count). The molecule has 96 valence electrons. The van der Waals surface area contributed by atoms with E-state index in [2.05, 4.69) is 31.0 Å². The Morgan fingerprint density at radius 3 is 2.41 bits per heavy atom. The Kier molecular flexibility index (Phi) is 5.84. The molecule has 0 heterocycles. The van der Waals surface area contributed by atoms with Crippen LogP contribution in [0.15, 0.2) is 24.3 Å². The van der Waals surface area contributed by atoms with E-state index in [1.54, 1.807) is 7.11 Å². The van der Waals surface area contributed by atoms with Crippen molar-refractivity contribution in [2.75, 3.05) is 25.6 Å². The smallest absolute Gasteiger partial charge is 0.119 e. The van der Waals surface area contributed by atoms with Crippen LogP contribution in [0.25, 0.3) is 0 Å². The lowest BCUT2D eigenvalue weighted by atomic mass is 10.1. The second-order valence-corrected chi connectivity index (χ2v) is 4.46. The predicted molar refractivity (Wildman–Crippen MR) is 73.8 cm³/mol. The molecule has 0 aromatic heterocycles. The topological polar surface area (TPSA) is 38.5 Å². The van der Waals surface area contributed by atoms with Gasteiger partial charge in [-0.2, -0.15) is 0 Å². The van der Waals surface area contributed by atoms with E-state index in [1.807, 2.05) is 12.1 Å². The summed E-state index contributed by atoms with van der Waals surface area (Å²) in [6, 6.07) is 8.44. The standard InChI is InChI=1S/C14H24N2O/c1-4-5-12(15)10-11-16(2)13-6-8-14(17-3)9-7-13/h6-9,12H,4-5,10-11,15H2,1-3H3. The highest BCUT2D eigenvalue weighted by atomic mass is 16.5. The van der Waals surface area contributed by atoms with Gasteiger partial charge >= 0.3 is 0 Å². The molecule has 0 spiro atoms. The quantitative estimate of drug-likeness (QED) is 0.791. The molecule has 1 aromatic carbocycles. The van der Waals surface area contributed by atoms with E-state index < -0.39 is 0 Å². The summed E-state index contributed by atoms with van der Waals surface area (Å²) in [7, 11) is 3.78. The van der Waals surface area contributed by atoms with Crippen LogP contribution >= 0.6 is 0 Å². The van der Waals surface area contributed by atoms with Crippen LogP contribution in [-0.2, 0) is 0 Å². The van der Waals surface area contributed by atoms with Gasteiger partial charge in [0.15, 0.2) is 0 Å². The van der Waals surface area contributed by atoms with Crippen molar-refractivity contribution in [3.63, 3.8) is 0 Å². The summed E-state index contributed by atoms with van der Waals surface area (Å²) in [5.41, 5.74) is 7.21. The van der Waals surface area contributed by atoms with Crippen LogP contribution in [-0.4, -0.2) is 26.7 Å². The number of benzene rings is 1. The lowest BCUT2D eigenvalue weighted by Crippen LogP contribution is -2.27. The molecule has 1 aromatic rings. The molecule has 0 aliphatic carbocycles. The number of ether oxygens (including phenoxy) is 1. The molecule has 0 amide bonds. The Morgan fingerprint density at radius 1 is 1.24 bits per heavy atom. The van der Waals surface area contributed by atoms with Crippen molar-refractivity contribution in [3.8, 4) is 5.75 Å². The highest BCUT2D eigenvalue weighted by Gasteiger charge is 2.05. The first kappa shape index (κ1) is 13.8. The maximum Gasteiger partial charge on any atom is 0.119 e. The fourth-order valence-corrected chi connectivity index (χ4v) is 1.84. The van der Waals surface area contributed by atoms with Crippen molar-refractivity contribution in [2.45, 2.75) is 32.2 Å². The summed E-state index contributed by atoms with van der Waals surface area (Å²) in [6.45, 7) is 3.17. The van der Waals surface area contributed by atoms with Gasteiger partial charge in [-0.3, -0.25) is 0 Å².